The van der Waals surface area contributed by atoms with Crippen molar-refractivity contribution in [2.45, 2.75) is 43.4 Å². The van der Waals surface area contributed by atoms with Crippen molar-refractivity contribution in [3.63, 3.8) is 0 Å². The van der Waals surface area contributed by atoms with Crippen molar-refractivity contribution in [2.75, 3.05) is 44.2 Å². The van der Waals surface area contributed by atoms with E-state index in [1.807, 2.05) is 30.3 Å². The minimum absolute atomic E-state index is 0.0229. The van der Waals surface area contributed by atoms with Crippen molar-refractivity contribution >= 4 is 55.7 Å². The molecular formula is C36H39Cl2FN4O3S. The van der Waals surface area contributed by atoms with E-state index in [2.05, 4.69) is 9.88 Å². The van der Waals surface area contributed by atoms with Crippen molar-refractivity contribution in [2.24, 2.45) is 11.8 Å². The van der Waals surface area contributed by atoms with Gasteiger partial charge in [-0.1, -0.05) is 53.5 Å². The molecule has 1 aromatic heterocycles. The maximum Gasteiger partial charge on any atom is 0.245 e. The SMILES string of the molecule is O=C(C1CCN(S(=O)(=O)c2cccc3cccnc23)CC1)N(CCCN1CCC(Cc2ccc(F)cc2)CC1)c1ccc(Cl)c(Cl)c1. The summed E-state index contributed by atoms with van der Waals surface area (Å²) < 4.78 is 42.1. The van der Waals surface area contributed by atoms with Gasteiger partial charge < -0.3 is 9.80 Å². The number of likely N-dealkylation sites (tertiary alicyclic amines) is 1. The zero-order valence-corrected chi connectivity index (χ0v) is 28.5. The molecule has 11 heteroatoms. The third kappa shape index (κ3) is 7.98. The van der Waals surface area contributed by atoms with Gasteiger partial charge in [0.2, 0.25) is 15.9 Å². The summed E-state index contributed by atoms with van der Waals surface area (Å²) in [5, 5.41) is 1.58. The highest BCUT2D eigenvalue weighted by molar-refractivity contribution is 7.89. The fourth-order valence-electron chi connectivity index (χ4n) is 6.83. The second kappa shape index (κ2) is 15.0. The van der Waals surface area contributed by atoms with Gasteiger partial charge in [0, 0.05) is 42.8 Å². The monoisotopic (exact) mass is 696 g/mol. The summed E-state index contributed by atoms with van der Waals surface area (Å²) >= 11 is 12.6. The molecule has 0 bridgehead atoms. The minimum Gasteiger partial charge on any atom is -0.312 e. The smallest absolute Gasteiger partial charge is 0.245 e. The average Bonchev–Trinajstić information content (AvgIpc) is 3.09. The zero-order valence-electron chi connectivity index (χ0n) is 26.2. The number of amides is 1. The third-order valence-corrected chi connectivity index (χ3v) is 12.2. The number of hydrogen-bond acceptors (Lipinski definition) is 5. The van der Waals surface area contributed by atoms with Gasteiger partial charge in [0.15, 0.2) is 0 Å². The highest BCUT2D eigenvalue weighted by atomic mass is 35.5. The number of anilines is 1. The number of nitrogens with zero attached hydrogens (tertiary/aromatic N) is 4. The number of carbonyl (C=O) groups is 1. The van der Waals surface area contributed by atoms with Gasteiger partial charge in [-0.2, -0.15) is 4.31 Å². The fourth-order valence-corrected chi connectivity index (χ4v) is 8.75. The van der Waals surface area contributed by atoms with E-state index in [1.54, 1.807) is 41.4 Å². The third-order valence-electron chi connectivity index (χ3n) is 9.50. The van der Waals surface area contributed by atoms with Gasteiger partial charge in [0.05, 0.1) is 15.6 Å². The van der Waals surface area contributed by atoms with Crippen molar-refractivity contribution in [1.82, 2.24) is 14.2 Å². The van der Waals surface area contributed by atoms with Crippen LogP contribution in [0.25, 0.3) is 10.9 Å². The Hall–Kier alpha value is -3.08. The summed E-state index contributed by atoms with van der Waals surface area (Å²) in [7, 11) is -3.78. The molecule has 1 amide bonds. The Morgan fingerprint density at radius 1 is 0.894 bits per heavy atom. The standard InChI is InChI=1S/C36H39Cl2FN4O3S/c37-32-12-11-31(25-33(32)38)43(19-3-18-41-20-13-27(14-21-41)24-26-7-9-30(39)10-8-26)36(44)29-15-22-42(23-16-29)47(45,46)34-6-1-4-28-5-2-17-40-35(28)34/h1-2,4-12,17,25,27,29H,3,13-16,18-24H2. The molecule has 6 rings (SSSR count). The molecule has 0 unspecified atom stereocenters. The van der Waals surface area contributed by atoms with Crippen molar-refractivity contribution in [1.29, 1.82) is 0 Å². The Labute approximate surface area is 286 Å². The molecule has 47 heavy (non-hydrogen) atoms. The van der Waals surface area contributed by atoms with Gasteiger partial charge in [0.25, 0.3) is 0 Å². The number of hydrogen-bond donors (Lipinski definition) is 0. The van der Waals surface area contributed by atoms with E-state index in [-0.39, 0.29) is 35.6 Å². The van der Waals surface area contributed by atoms with E-state index >= 15 is 0 Å². The molecule has 0 saturated carbocycles. The zero-order chi connectivity index (χ0) is 33.0. The molecule has 4 aromatic rings. The number of piperidine rings is 2. The van der Waals surface area contributed by atoms with Crippen LogP contribution in [0.15, 0.2) is 83.9 Å². The van der Waals surface area contributed by atoms with Crippen molar-refractivity contribution < 1.29 is 17.6 Å². The number of carbonyl (C=O) groups excluding carboxylic acids is 1. The van der Waals surface area contributed by atoms with E-state index in [0.29, 0.717) is 46.6 Å². The first-order valence-corrected chi connectivity index (χ1v) is 18.5. The largest absolute Gasteiger partial charge is 0.312 e. The van der Waals surface area contributed by atoms with Crippen LogP contribution in [0.2, 0.25) is 10.0 Å². The lowest BCUT2D eigenvalue weighted by atomic mass is 9.90. The molecular weight excluding hydrogens is 658 g/mol. The lowest BCUT2D eigenvalue weighted by Gasteiger charge is -2.35. The van der Waals surface area contributed by atoms with Gasteiger partial charge in [-0.15, -0.1) is 0 Å². The second-order valence-electron chi connectivity index (χ2n) is 12.6. The number of pyridine rings is 1. The van der Waals surface area contributed by atoms with Crippen LogP contribution in [-0.4, -0.2) is 67.8 Å². The van der Waals surface area contributed by atoms with Gasteiger partial charge in [-0.05, 0) is 112 Å². The van der Waals surface area contributed by atoms with Crippen LogP contribution in [0, 0.1) is 17.7 Å². The number of para-hydroxylation sites is 1. The van der Waals surface area contributed by atoms with Gasteiger partial charge >= 0.3 is 0 Å². The van der Waals surface area contributed by atoms with E-state index < -0.39 is 10.0 Å². The van der Waals surface area contributed by atoms with Crippen LogP contribution < -0.4 is 4.90 Å². The predicted molar refractivity (Wildman–Crippen MR) is 186 cm³/mol. The summed E-state index contributed by atoms with van der Waals surface area (Å²) in [5.74, 6) is 0.0385. The number of aromatic nitrogens is 1. The molecule has 0 atom stereocenters. The lowest BCUT2D eigenvalue weighted by molar-refractivity contribution is -0.123. The van der Waals surface area contributed by atoms with Crippen molar-refractivity contribution in [3.8, 4) is 0 Å². The van der Waals surface area contributed by atoms with Crippen LogP contribution in [0.5, 0.6) is 0 Å². The molecule has 2 saturated heterocycles. The normalized spacial score (nSPS) is 17.3. The Morgan fingerprint density at radius 2 is 1.62 bits per heavy atom. The quantitative estimate of drug-likeness (QED) is 0.172. The lowest BCUT2D eigenvalue weighted by Crippen LogP contribution is -2.45. The van der Waals surface area contributed by atoms with Crippen LogP contribution in [-0.2, 0) is 21.2 Å². The molecule has 0 N–H and O–H groups in total. The molecule has 0 radical (unpaired) electrons. The average molecular weight is 698 g/mol. The number of fused-ring (bicyclic) bond motifs is 1. The van der Waals surface area contributed by atoms with Gasteiger partial charge in [0.1, 0.15) is 10.7 Å². The molecule has 7 nitrogen and oxygen atoms in total. The summed E-state index contributed by atoms with van der Waals surface area (Å²) in [4.78, 5) is 22.8. The highest BCUT2D eigenvalue weighted by Crippen LogP contribution is 2.32. The molecule has 2 fully saturated rings. The topological polar surface area (TPSA) is 73.8 Å². The summed E-state index contributed by atoms with van der Waals surface area (Å²) in [6.07, 6.45) is 6.38. The highest BCUT2D eigenvalue weighted by Gasteiger charge is 2.35. The van der Waals surface area contributed by atoms with E-state index in [0.717, 1.165) is 50.7 Å². The second-order valence-corrected chi connectivity index (χ2v) is 15.3. The van der Waals surface area contributed by atoms with Crippen molar-refractivity contribution in [3.05, 3.63) is 100 Å². The van der Waals surface area contributed by atoms with Crippen LogP contribution in [0.1, 0.15) is 37.7 Å². The number of rotatable bonds is 10. The summed E-state index contributed by atoms with van der Waals surface area (Å²) in [6.45, 7) is 3.88. The maximum atomic E-state index is 14.1. The van der Waals surface area contributed by atoms with Crippen LogP contribution in [0.4, 0.5) is 10.1 Å². The first-order chi connectivity index (χ1) is 22.7. The van der Waals surface area contributed by atoms with Crippen LogP contribution in [0.3, 0.4) is 0 Å². The predicted octanol–water partition coefficient (Wildman–Crippen LogP) is 7.46. The van der Waals surface area contributed by atoms with Gasteiger partial charge in [-0.25, -0.2) is 12.8 Å². The van der Waals surface area contributed by atoms with E-state index in [9.17, 15) is 17.6 Å². The maximum absolute atomic E-state index is 14.1. The molecule has 3 heterocycles. The Morgan fingerprint density at radius 3 is 2.34 bits per heavy atom. The number of benzene rings is 3. The first kappa shape index (κ1) is 33.8. The van der Waals surface area contributed by atoms with E-state index in [4.69, 9.17) is 23.2 Å². The molecule has 248 valence electrons. The fraction of sp³-hybridized carbons (Fsp3) is 0.389. The first-order valence-electron chi connectivity index (χ1n) is 16.3. The van der Waals surface area contributed by atoms with Gasteiger partial charge in [-0.3, -0.25) is 9.78 Å². The number of halogens is 3. The van der Waals surface area contributed by atoms with Crippen LogP contribution >= 0.6 is 23.2 Å². The molecule has 2 aliphatic rings. The molecule has 0 spiro atoms. The number of sulfonamides is 1. The Balaban J connectivity index is 1.07. The summed E-state index contributed by atoms with van der Waals surface area (Å²) in [5.41, 5.74) is 2.32. The Kier molecular flexibility index (Phi) is 10.8. The molecule has 2 aliphatic heterocycles. The van der Waals surface area contributed by atoms with E-state index in [1.165, 1.54) is 22.0 Å². The molecule has 0 aliphatic carbocycles. The summed E-state index contributed by atoms with van der Waals surface area (Å²) in [6, 6.07) is 20.9. The Bertz CT molecular complexity index is 1800. The molecule has 3 aromatic carbocycles. The minimum atomic E-state index is -3.78.